The van der Waals surface area contributed by atoms with Crippen LogP contribution in [0.25, 0.3) is 5.69 Å². The van der Waals surface area contributed by atoms with Gasteiger partial charge in [-0.3, -0.25) is 9.29 Å². The molecule has 0 unspecified atom stereocenters. The number of sulfonamides is 1. The van der Waals surface area contributed by atoms with E-state index in [-0.39, 0.29) is 11.4 Å². The Hall–Kier alpha value is -2.06. The second-order valence-electron chi connectivity index (χ2n) is 5.09. The Morgan fingerprint density at radius 2 is 2.14 bits per heavy atom. The van der Waals surface area contributed by atoms with Gasteiger partial charge in [-0.25, -0.2) is 13.2 Å². The fourth-order valence-corrected chi connectivity index (χ4v) is 3.35. The van der Waals surface area contributed by atoms with Crippen LogP contribution >= 0.6 is 0 Å². The molecule has 0 spiro atoms. The third kappa shape index (κ3) is 3.99. The van der Waals surface area contributed by atoms with E-state index in [0.29, 0.717) is 11.4 Å². The van der Waals surface area contributed by atoms with Crippen LogP contribution in [0.3, 0.4) is 0 Å². The minimum atomic E-state index is -3.52. The van der Waals surface area contributed by atoms with E-state index in [1.165, 1.54) is 11.7 Å². The Morgan fingerprint density at radius 3 is 2.73 bits per heavy atom. The van der Waals surface area contributed by atoms with E-state index >= 15 is 0 Å². The highest BCUT2D eigenvalue weighted by Gasteiger charge is 2.15. The molecule has 0 amide bonds. The number of ether oxygens (including phenoxy) is 1. The number of H-pyrrole nitrogens is 1. The molecule has 0 bridgehead atoms. The number of nitrogens with zero attached hydrogens (tertiary/aromatic N) is 1. The Morgan fingerprint density at radius 1 is 1.41 bits per heavy atom. The first-order valence-electron chi connectivity index (χ1n) is 6.73. The zero-order valence-electron chi connectivity index (χ0n) is 12.7. The van der Waals surface area contributed by atoms with Crippen LogP contribution in [0, 0.1) is 6.92 Å². The summed E-state index contributed by atoms with van der Waals surface area (Å²) in [5.74, 6) is -0.142. The smallest absolute Gasteiger partial charge is 0.330 e. The molecule has 0 aliphatic carbocycles. The topological polar surface area (TPSA) is 93.2 Å². The van der Waals surface area contributed by atoms with Crippen molar-refractivity contribution >= 4 is 15.7 Å². The lowest BCUT2D eigenvalue weighted by atomic mass is 10.3. The lowest BCUT2D eigenvalue weighted by molar-refractivity contribution is 0.136. The van der Waals surface area contributed by atoms with Crippen molar-refractivity contribution in [3.8, 4) is 5.69 Å². The first kappa shape index (κ1) is 16.3. The highest BCUT2D eigenvalue weighted by Crippen LogP contribution is 2.15. The quantitative estimate of drug-likeness (QED) is 0.836. The van der Waals surface area contributed by atoms with E-state index in [1.54, 1.807) is 44.3 Å². The van der Waals surface area contributed by atoms with Gasteiger partial charge in [-0.1, -0.05) is 6.07 Å². The molecule has 1 aromatic carbocycles. The fraction of sp³-hybridized carbons (Fsp3) is 0.357. The van der Waals surface area contributed by atoms with Gasteiger partial charge in [0.25, 0.3) is 0 Å². The summed E-state index contributed by atoms with van der Waals surface area (Å²) < 4.78 is 32.9. The number of methoxy groups -OCH3 is 1. The minimum Gasteiger partial charge on any atom is -0.381 e. The molecule has 0 aliphatic heterocycles. The van der Waals surface area contributed by atoms with E-state index < -0.39 is 16.1 Å². The maximum absolute atomic E-state index is 12.0. The summed E-state index contributed by atoms with van der Waals surface area (Å²) in [5, 5.41) is 0. The molecule has 2 rings (SSSR count). The Bertz CT molecular complexity index is 807. The summed E-state index contributed by atoms with van der Waals surface area (Å²) in [6.45, 7) is 3.45. The van der Waals surface area contributed by atoms with Gasteiger partial charge in [0.2, 0.25) is 10.0 Å². The zero-order valence-corrected chi connectivity index (χ0v) is 13.5. The number of aromatic amines is 1. The van der Waals surface area contributed by atoms with Crippen LogP contribution in [0.2, 0.25) is 0 Å². The molecule has 2 N–H and O–H groups in total. The maximum Gasteiger partial charge on any atom is 0.330 e. The SMILES string of the molecule is CO[C@@H](C)CS(=O)(=O)Nc1cccc(-n2cc(C)[nH]c2=O)c1. The summed E-state index contributed by atoms with van der Waals surface area (Å²) in [6.07, 6.45) is 1.25. The monoisotopic (exact) mass is 325 g/mol. The summed E-state index contributed by atoms with van der Waals surface area (Å²) in [5.41, 5.74) is 1.43. The number of nitrogens with one attached hydrogen (secondary N) is 2. The van der Waals surface area contributed by atoms with Gasteiger partial charge in [0, 0.05) is 19.0 Å². The van der Waals surface area contributed by atoms with Gasteiger partial charge in [0.15, 0.2) is 0 Å². The molecule has 0 aliphatic rings. The molecule has 2 aromatic rings. The van der Waals surface area contributed by atoms with Crippen molar-refractivity contribution in [1.29, 1.82) is 0 Å². The average Bonchev–Trinajstić information content (AvgIpc) is 2.76. The van der Waals surface area contributed by atoms with Gasteiger partial charge in [-0.05, 0) is 32.0 Å². The molecule has 0 saturated carbocycles. The van der Waals surface area contributed by atoms with Crippen LogP contribution in [0.15, 0.2) is 35.3 Å². The molecule has 1 atom stereocenters. The van der Waals surface area contributed by atoms with Crippen LogP contribution in [0.1, 0.15) is 12.6 Å². The molecule has 0 saturated heterocycles. The molecule has 120 valence electrons. The van der Waals surface area contributed by atoms with E-state index in [9.17, 15) is 13.2 Å². The predicted molar refractivity (Wildman–Crippen MR) is 85.0 cm³/mol. The predicted octanol–water partition coefficient (Wildman–Crippen LogP) is 1.25. The summed E-state index contributed by atoms with van der Waals surface area (Å²) in [7, 11) is -2.06. The van der Waals surface area contributed by atoms with Crippen molar-refractivity contribution in [3.05, 3.63) is 46.6 Å². The second kappa shape index (κ2) is 6.37. The number of benzene rings is 1. The number of hydrogen-bond acceptors (Lipinski definition) is 4. The molecule has 8 heteroatoms. The van der Waals surface area contributed by atoms with Gasteiger partial charge in [0.1, 0.15) is 0 Å². The van der Waals surface area contributed by atoms with Crippen LogP contribution in [0.5, 0.6) is 0 Å². The Labute approximate surface area is 129 Å². The summed E-state index contributed by atoms with van der Waals surface area (Å²) in [6, 6.07) is 6.64. The lowest BCUT2D eigenvalue weighted by Gasteiger charge is -2.12. The second-order valence-corrected chi connectivity index (χ2v) is 6.86. The van der Waals surface area contributed by atoms with Gasteiger partial charge in [0.05, 0.1) is 23.2 Å². The number of hydrogen-bond donors (Lipinski definition) is 2. The molecule has 1 aromatic heterocycles. The first-order chi connectivity index (χ1) is 10.3. The maximum atomic E-state index is 12.0. The molecule has 0 fully saturated rings. The number of aromatic nitrogens is 2. The number of rotatable bonds is 6. The lowest BCUT2D eigenvalue weighted by Crippen LogP contribution is -2.25. The van der Waals surface area contributed by atoms with Crippen molar-refractivity contribution in [2.45, 2.75) is 20.0 Å². The van der Waals surface area contributed by atoms with E-state index in [0.717, 1.165) is 5.69 Å². The van der Waals surface area contributed by atoms with Crippen LogP contribution < -0.4 is 10.4 Å². The zero-order chi connectivity index (χ0) is 16.3. The third-order valence-corrected chi connectivity index (χ3v) is 4.55. The summed E-state index contributed by atoms with van der Waals surface area (Å²) in [4.78, 5) is 14.4. The minimum absolute atomic E-state index is 0.142. The van der Waals surface area contributed by atoms with Gasteiger partial charge in [-0.15, -0.1) is 0 Å². The van der Waals surface area contributed by atoms with Crippen molar-refractivity contribution in [2.24, 2.45) is 0 Å². The van der Waals surface area contributed by atoms with Crippen molar-refractivity contribution in [1.82, 2.24) is 9.55 Å². The van der Waals surface area contributed by atoms with Crippen molar-refractivity contribution < 1.29 is 13.2 Å². The molecule has 22 heavy (non-hydrogen) atoms. The van der Waals surface area contributed by atoms with E-state index in [1.807, 2.05) is 0 Å². The normalized spacial score (nSPS) is 13.0. The molecule has 7 nitrogen and oxygen atoms in total. The fourth-order valence-electron chi connectivity index (χ4n) is 2.02. The van der Waals surface area contributed by atoms with Gasteiger partial charge in [-0.2, -0.15) is 0 Å². The van der Waals surface area contributed by atoms with Crippen LogP contribution in [-0.4, -0.2) is 36.9 Å². The first-order valence-corrected chi connectivity index (χ1v) is 8.38. The van der Waals surface area contributed by atoms with Crippen LogP contribution in [0.4, 0.5) is 5.69 Å². The number of anilines is 1. The Balaban J connectivity index is 2.26. The van der Waals surface area contributed by atoms with Crippen LogP contribution in [-0.2, 0) is 14.8 Å². The van der Waals surface area contributed by atoms with E-state index in [2.05, 4.69) is 9.71 Å². The molecule has 0 radical (unpaired) electrons. The number of imidazole rings is 1. The van der Waals surface area contributed by atoms with Crippen molar-refractivity contribution in [3.63, 3.8) is 0 Å². The van der Waals surface area contributed by atoms with Crippen molar-refractivity contribution in [2.75, 3.05) is 17.6 Å². The highest BCUT2D eigenvalue weighted by molar-refractivity contribution is 7.92. The largest absolute Gasteiger partial charge is 0.381 e. The molecular formula is C14H19N3O4S. The molecule has 1 heterocycles. The highest BCUT2D eigenvalue weighted by atomic mass is 32.2. The van der Waals surface area contributed by atoms with Gasteiger partial charge < -0.3 is 9.72 Å². The van der Waals surface area contributed by atoms with Gasteiger partial charge >= 0.3 is 5.69 Å². The molecular weight excluding hydrogens is 306 g/mol. The Kier molecular flexibility index (Phi) is 4.72. The third-order valence-electron chi connectivity index (χ3n) is 3.10. The summed E-state index contributed by atoms with van der Waals surface area (Å²) >= 11 is 0. The average molecular weight is 325 g/mol. The van der Waals surface area contributed by atoms with E-state index in [4.69, 9.17) is 4.74 Å². The number of aryl methyl sites for hydroxylation is 1. The standard InChI is InChI=1S/C14H19N3O4S/c1-10-8-17(14(18)15-10)13-6-4-5-12(7-13)16-22(19,20)9-11(2)21-3/h4-8,11,16H,9H2,1-3H3,(H,15,18)/t11-/m0/s1.